The summed E-state index contributed by atoms with van der Waals surface area (Å²) < 4.78 is 47.7. The minimum Gasteiger partial charge on any atom is -0.489 e. The number of aromatic amines is 1. The minimum atomic E-state index is -4.89. The number of piperazine rings is 1. The van der Waals surface area contributed by atoms with Crippen LogP contribution in [0.25, 0.3) is 0 Å². The first-order valence-electron chi connectivity index (χ1n) is 13.4. The molecule has 1 N–H and O–H groups in total. The molecule has 1 atom stereocenters. The Morgan fingerprint density at radius 3 is 2.58 bits per heavy atom. The van der Waals surface area contributed by atoms with Crippen LogP contribution < -0.4 is 20.1 Å². The van der Waals surface area contributed by atoms with Crippen LogP contribution in [-0.4, -0.2) is 63.8 Å². The highest BCUT2D eigenvalue weighted by Crippen LogP contribution is 2.42. The molecule has 43 heavy (non-hydrogen) atoms. The molecule has 0 spiro atoms. The van der Waals surface area contributed by atoms with Gasteiger partial charge in [0.15, 0.2) is 0 Å². The molecule has 14 heteroatoms. The van der Waals surface area contributed by atoms with Crippen LogP contribution >= 0.6 is 11.6 Å². The average molecular weight is 612 g/mol. The number of pyridine rings is 2. The summed E-state index contributed by atoms with van der Waals surface area (Å²) >= 11 is 5.93. The van der Waals surface area contributed by atoms with Crippen LogP contribution in [0.2, 0.25) is 5.02 Å². The summed E-state index contributed by atoms with van der Waals surface area (Å²) in [6.45, 7) is 2.22. The van der Waals surface area contributed by atoms with E-state index in [0.29, 0.717) is 42.5 Å². The molecule has 10 nitrogen and oxygen atoms in total. The molecule has 2 aliphatic heterocycles. The van der Waals surface area contributed by atoms with Gasteiger partial charge in [-0.25, -0.2) is 10.1 Å². The summed E-state index contributed by atoms with van der Waals surface area (Å²) in [6, 6.07) is 11.7. The third kappa shape index (κ3) is 5.85. The van der Waals surface area contributed by atoms with Crippen molar-refractivity contribution in [3.05, 3.63) is 105 Å². The fraction of sp³-hybridized carbons (Fsp3) is 0.276. The van der Waals surface area contributed by atoms with Gasteiger partial charge in [-0.15, -0.1) is 0 Å². The standard InChI is InChI=1S/C29H25ClF3N7O3/c30-20-5-6-25(35-13-20)38-7-9-39(10-8-38)28(42)19-11-21(14-34-12-19)43-17-24-22-4-2-1-3-18(22)16-40(24)23-15-36-37-27(41)26(23)29(31,32)33/h1-6,11-15,24H,7-10,16-17H2,(H,37,41). The lowest BCUT2D eigenvalue weighted by Crippen LogP contribution is -2.49. The van der Waals surface area contributed by atoms with Crippen molar-refractivity contribution in [2.24, 2.45) is 0 Å². The maximum absolute atomic E-state index is 13.9. The zero-order valence-electron chi connectivity index (χ0n) is 22.6. The van der Waals surface area contributed by atoms with Gasteiger partial charge in [0.2, 0.25) is 0 Å². The third-order valence-electron chi connectivity index (χ3n) is 7.53. The molecule has 4 aromatic rings. The summed E-state index contributed by atoms with van der Waals surface area (Å²) in [5.41, 5.74) is -1.07. The second-order valence-corrected chi connectivity index (χ2v) is 10.6. The Morgan fingerprint density at radius 1 is 1.05 bits per heavy atom. The molecule has 3 aromatic heterocycles. The molecule has 0 aliphatic carbocycles. The first-order valence-corrected chi connectivity index (χ1v) is 13.8. The summed E-state index contributed by atoms with van der Waals surface area (Å²) in [5.74, 6) is 0.868. The molecule has 5 heterocycles. The molecular weight excluding hydrogens is 587 g/mol. The number of hydrogen-bond donors (Lipinski definition) is 1. The number of hydrogen-bond acceptors (Lipinski definition) is 8. The summed E-state index contributed by atoms with van der Waals surface area (Å²) in [6.07, 6.45) is 0.605. The van der Waals surface area contributed by atoms with E-state index in [1.165, 1.54) is 17.3 Å². The molecule has 1 fully saturated rings. The maximum Gasteiger partial charge on any atom is 0.423 e. The van der Waals surface area contributed by atoms with Crippen molar-refractivity contribution in [2.75, 3.05) is 42.6 Å². The molecular formula is C29H25ClF3N7O3. The summed E-state index contributed by atoms with van der Waals surface area (Å²) in [7, 11) is 0. The van der Waals surface area contributed by atoms with Gasteiger partial charge in [0.1, 0.15) is 23.7 Å². The first-order chi connectivity index (χ1) is 20.7. The van der Waals surface area contributed by atoms with Gasteiger partial charge in [0, 0.05) is 45.1 Å². The van der Waals surface area contributed by atoms with E-state index in [2.05, 4.69) is 20.0 Å². The fourth-order valence-corrected chi connectivity index (χ4v) is 5.56. The van der Waals surface area contributed by atoms with Crippen molar-refractivity contribution in [3.63, 3.8) is 0 Å². The van der Waals surface area contributed by atoms with E-state index in [0.717, 1.165) is 23.1 Å². The van der Waals surface area contributed by atoms with Crippen molar-refractivity contribution >= 4 is 29.0 Å². The van der Waals surface area contributed by atoms with Crippen molar-refractivity contribution in [2.45, 2.75) is 18.8 Å². The SMILES string of the molecule is O=C(c1cncc(OCC2c3ccccc3CN2c2cn[nH]c(=O)c2C(F)(F)F)c1)N1CCN(c2ccc(Cl)cn2)CC1. The number of nitrogens with one attached hydrogen (secondary N) is 1. The molecule has 0 bridgehead atoms. The van der Waals surface area contributed by atoms with E-state index in [4.69, 9.17) is 16.3 Å². The number of amides is 1. The second kappa shape index (κ2) is 11.6. The molecule has 0 radical (unpaired) electrons. The van der Waals surface area contributed by atoms with Crippen LogP contribution in [0.4, 0.5) is 24.7 Å². The number of carbonyl (C=O) groups is 1. The predicted octanol–water partition coefficient (Wildman–Crippen LogP) is 4.33. The highest BCUT2D eigenvalue weighted by molar-refractivity contribution is 6.30. The molecule has 1 amide bonds. The molecule has 0 saturated carbocycles. The molecule has 6 rings (SSSR count). The van der Waals surface area contributed by atoms with E-state index in [-0.39, 0.29) is 24.7 Å². The number of rotatable bonds is 6. The van der Waals surface area contributed by atoms with Crippen LogP contribution in [0.15, 0.2) is 72.0 Å². The first kappa shape index (κ1) is 28.5. The van der Waals surface area contributed by atoms with Gasteiger partial charge in [0.05, 0.1) is 34.7 Å². The number of alkyl halides is 3. The average Bonchev–Trinajstić information content (AvgIpc) is 3.38. The van der Waals surface area contributed by atoms with E-state index in [1.807, 2.05) is 23.3 Å². The number of H-pyrrole nitrogens is 1. The Hall–Kier alpha value is -4.65. The van der Waals surface area contributed by atoms with Gasteiger partial charge in [-0.05, 0) is 29.3 Å². The molecule has 1 unspecified atom stereocenters. The van der Waals surface area contributed by atoms with Crippen LogP contribution in [-0.2, 0) is 12.7 Å². The van der Waals surface area contributed by atoms with Gasteiger partial charge < -0.3 is 19.4 Å². The van der Waals surface area contributed by atoms with Gasteiger partial charge in [0.25, 0.3) is 11.5 Å². The second-order valence-electron chi connectivity index (χ2n) is 10.1. The largest absolute Gasteiger partial charge is 0.489 e. The quantitative estimate of drug-likeness (QED) is 0.343. The van der Waals surface area contributed by atoms with Crippen molar-refractivity contribution in [1.82, 2.24) is 25.1 Å². The number of carbonyl (C=O) groups excluding carboxylic acids is 1. The number of halogens is 4. The monoisotopic (exact) mass is 611 g/mol. The smallest absolute Gasteiger partial charge is 0.423 e. The van der Waals surface area contributed by atoms with E-state index in [1.54, 1.807) is 35.4 Å². The number of anilines is 2. The number of nitrogens with zero attached hydrogens (tertiary/aromatic N) is 6. The Bertz CT molecular complexity index is 1690. The van der Waals surface area contributed by atoms with Crippen LogP contribution in [0.1, 0.15) is 33.1 Å². The highest BCUT2D eigenvalue weighted by Gasteiger charge is 2.42. The number of fused-ring (bicyclic) bond motifs is 1. The lowest BCUT2D eigenvalue weighted by molar-refractivity contribution is -0.138. The van der Waals surface area contributed by atoms with Crippen molar-refractivity contribution in [3.8, 4) is 5.75 Å². The molecule has 222 valence electrons. The highest BCUT2D eigenvalue weighted by atomic mass is 35.5. The van der Waals surface area contributed by atoms with Gasteiger partial charge >= 0.3 is 6.18 Å². The lowest BCUT2D eigenvalue weighted by Gasteiger charge is -2.35. The Balaban J connectivity index is 1.17. The lowest BCUT2D eigenvalue weighted by atomic mass is 10.1. The van der Waals surface area contributed by atoms with Gasteiger partial charge in [-0.2, -0.15) is 18.3 Å². The normalized spacial score (nSPS) is 16.7. The molecule has 1 aromatic carbocycles. The molecule has 1 saturated heterocycles. The minimum absolute atomic E-state index is 0.0623. The Labute approximate surface area is 248 Å². The number of aromatic nitrogens is 4. The van der Waals surface area contributed by atoms with Crippen LogP contribution in [0.5, 0.6) is 5.75 Å². The van der Waals surface area contributed by atoms with E-state index < -0.39 is 23.3 Å². The fourth-order valence-electron chi connectivity index (χ4n) is 5.44. The molecule has 2 aliphatic rings. The third-order valence-corrected chi connectivity index (χ3v) is 7.75. The number of ether oxygens (including phenoxy) is 1. The van der Waals surface area contributed by atoms with Crippen LogP contribution in [0, 0.1) is 0 Å². The summed E-state index contributed by atoms with van der Waals surface area (Å²) in [5, 5.41) is 6.07. The topological polar surface area (TPSA) is 108 Å². The van der Waals surface area contributed by atoms with E-state index in [9.17, 15) is 22.8 Å². The van der Waals surface area contributed by atoms with Gasteiger partial charge in [-0.3, -0.25) is 14.6 Å². The van der Waals surface area contributed by atoms with Crippen LogP contribution in [0.3, 0.4) is 0 Å². The Morgan fingerprint density at radius 2 is 1.84 bits per heavy atom. The van der Waals surface area contributed by atoms with Crippen molar-refractivity contribution < 1.29 is 22.7 Å². The van der Waals surface area contributed by atoms with E-state index >= 15 is 0 Å². The maximum atomic E-state index is 13.9. The van der Waals surface area contributed by atoms with Gasteiger partial charge in [-0.1, -0.05) is 35.9 Å². The summed E-state index contributed by atoms with van der Waals surface area (Å²) in [4.78, 5) is 39.2. The number of benzene rings is 1. The Kier molecular flexibility index (Phi) is 7.65. The predicted molar refractivity (Wildman–Crippen MR) is 152 cm³/mol. The zero-order valence-corrected chi connectivity index (χ0v) is 23.3. The van der Waals surface area contributed by atoms with Crippen molar-refractivity contribution in [1.29, 1.82) is 0 Å². The zero-order chi connectivity index (χ0) is 30.1.